The fraction of sp³-hybridized carbons (Fsp3) is 0.125. The fourth-order valence-corrected chi connectivity index (χ4v) is 4.70. The maximum atomic E-state index is 13.2. The Morgan fingerprint density at radius 3 is 2.39 bits per heavy atom. The Morgan fingerprint density at radius 2 is 1.73 bits per heavy atom. The average Bonchev–Trinajstić information content (AvgIpc) is 2.76. The number of anilines is 1. The predicted molar refractivity (Wildman–Crippen MR) is 128 cm³/mol. The van der Waals surface area contributed by atoms with E-state index in [4.69, 9.17) is 16.3 Å². The van der Waals surface area contributed by atoms with Crippen LogP contribution in [0.4, 0.5) is 5.82 Å². The predicted octanol–water partition coefficient (Wildman–Crippen LogP) is 5.71. The van der Waals surface area contributed by atoms with Gasteiger partial charge in [-0.15, -0.1) is 0 Å². The minimum atomic E-state index is -4.05. The second kappa shape index (κ2) is 9.17. The van der Waals surface area contributed by atoms with Gasteiger partial charge in [0.05, 0.1) is 10.7 Å². The third-order valence-electron chi connectivity index (χ3n) is 4.82. The molecule has 0 saturated carbocycles. The van der Waals surface area contributed by atoms with Gasteiger partial charge in [0.25, 0.3) is 10.0 Å². The Morgan fingerprint density at radius 1 is 0.970 bits per heavy atom. The SMILES string of the molecule is Cc1cc(C)c(Oc2nc(-c3cncc(Cl)c3)ccc2S(=O)(=O)Nc2ccccn2)c(C)c1. The van der Waals surface area contributed by atoms with Gasteiger partial charge in [-0.3, -0.25) is 9.71 Å². The van der Waals surface area contributed by atoms with Crippen molar-refractivity contribution in [1.82, 2.24) is 15.0 Å². The van der Waals surface area contributed by atoms with Crippen molar-refractivity contribution in [3.05, 3.63) is 88.8 Å². The number of sulfonamides is 1. The van der Waals surface area contributed by atoms with Crippen molar-refractivity contribution in [2.24, 2.45) is 0 Å². The van der Waals surface area contributed by atoms with E-state index >= 15 is 0 Å². The molecule has 1 aromatic carbocycles. The summed E-state index contributed by atoms with van der Waals surface area (Å²) in [4.78, 5) is 12.5. The van der Waals surface area contributed by atoms with E-state index in [1.165, 1.54) is 18.5 Å². The summed E-state index contributed by atoms with van der Waals surface area (Å²) in [6.07, 6.45) is 4.61. The van der Waals surface area contributed by atoms with Crippen LogP contribution in [0.3, 0.4) is 0 Å². The van der Waals surface area contributed by atoms with Crippen LogP contribution in [0.15, 0.2) is 72.0 Å². The number of hydrogen-bond acceptors (Lipinski definition) is 6. The average molecular weight is 481 g/mol. The second-order valence-corrected chi connectivity index (χ2v) is 9.63. The van der Waals surface area contributed by atoms with E-state index in [2.05, 4.69) is 19.7 Å². The number of aromatic nitrogens is 3. The molecule has 0 aliphatic rings. The molecule has 1 N–H and O–H groups in total. The monoisotopic (exact) mass is 480 g/mol. The lowest BCUT2D eigenvalue weighted by Gasteiger charge is -2.16. The third kappa shape index (κ3) is 5.13. The van der Waals surface area contributed by atoms with Crippen molar-refractivity contribution in [2.75, 3.05) is 4.72 Å². The van der Waals surface area contributed by atoms with Crippen LogP contribution in [0.2, 0.25) is 5.02 Å². The van der Waals surface area contributed by atoms with Gasteiger partial charge >= 0.3 is 0 Å². The summed E-state index contributed by atoms with van der Waals surface area (Å²) >= 11 is 6.08. The third-order valence-corrected chi connectivity index (χ3v) is 6.40. The molecule has 33 heavy (non-hydrogen) atoms. The second-order valence-electron chi connectivity index (χ2n) is 7.54. The summed E-state index contributed by atoms with van der Waals surface area (Å²) in [6.45, 7) is 5.79. The number of halogens is 1. The number of rotatable bonds is 6. The molecular formula is C24H21ClN4O3S. The molecule has 0 radical (unpaired) electrons. The quantitative estimate of drug-likeness (QED) is 0.380. The highest BCUT2D eigenvalue weighted by molar-refractivity contribution is 7.92. The first-order valence-corrected chi connectivity index (χ1v) is 11.9. The number of nitrogens with one attached hydrogen (secondary N) is 1. The number of nitrogens with zero attached hydrogens (tertiary/aromatic N) is 3. The molecule has 0 aliphatic carbocycles. The molecule has 0 amide bonds. The maximum absolute atomic E-state index is 13.2. The van der Waals surface area contributed by atoms with E-state index in [0.29, 0.717) is 22.0 Å². The molecule has 0 saturated heterocycles. The molecule has 9 heteroatoms. The van der Waals surface area contributed by atoms with Gasteiger partial charge in [0, 0.05) is 24.2 Å². The van der Waals surface area contributed by atoms with Crippen LogP contribution in [0.1, 0.15) is 16.7 Å². The van der Waals surface area contributed by atoms with E-state index in [1.54, 1.807) is 36.5 Å². The van der Waals surface area contributed by atoms with Crippen LogP contribution in [0, 0.1) is 20.8 Å². The first-order chi connectivity index (χ1) is 15.7. The molecule has 0 fully saturated rings. The number of pyridine rings is 3. The number of hydrogen-bond donors (Lipinski definition) is 1. The highest BCUT2D eigenvalue weighted by atomic mass is 35.5. The topological polar surface area (TPSA) is 94.1 Å². The lowest BCUT2D eigenvalue weighted by molar-refractivity contribution is 0.441. The van der Waals surface area contributed by atoms with Crippen molar-refractivity contribution in [2.45, 2.75) is 25.7 Å². The van der Waals surface area contributed by atoms with Gasteiger partial charge in [0.15, 0.2) is 0 Å². The van der Waals surface area contributed by atoms with Crippen molar-refractivity contribution in [3.63, 3.8) is 0 Å². The molecule has 7 nitrogen and oxygen atoms in total. The van der Waals surface area contributed by atoms with E-state index in [9.17, 15) is 8.42 Å². The van der Waals surface area contributed by atoms with Crippen LogP contribution in [0.5, 0.6) is 11.6 Å². The smallest absolute Gasteiger partial charge is 0.268 e. The first kappa shape index (κ1) is 22.7. The van der Waals surface area contributed by atoms with E-state index in [1.807, 2.05) is 32.9 Å². The van der Waals surface area contributed by atoms with Gasteiger partial charge in [-0.05, 0) is 62.2 Å². The number of benzene rings is 1. The molecule has 168 valence electrons. The van der Waals surface area contributed by atoms with E-state index < -0.39 is 10.0 Å². The van der Waals surface area contributed by atoms with Crippen molar-refractivity contribution in [3.8, 4) is 22.9 Å². The fourth-order valence-electron chi connectivity index (χ4n) is 3.46. The summed E-state index contributed by atoms with van der Waals surface area (Å²) in [5.74, 6) is 0.670. The van der Waals surface area contributed by atoms with Crippen LogP contribution in [-0.2, 0) is 10.0 Å². The number of ether oxygens (including phenoxy) is 1. The Bertz CT molecular complexity index is 1400. The summed E-state index contributed by atoms with van der Waals surface area (Å²) in [6, 6.07) is 13.6. The van der Waals surface area contributed by atoms with Gasteiger partial charge in [0.2, 0.25) is 5.88 Å². The molecule has 3 heterocycles. The van der Waals surface area contributed by atoms with Crippen LogP contribution in [0.25, 0.3) is 11.3 Å². The van der Waals surface area contributed by atoms with Gasteiger partial charge < -0.3 is 4.74 Å². The largest absolute Gasteiger partial charge is 0.437 e. The van der Waals surface area contributed by atoms with E-state index in [0.717, 1.165) is 16.7 Å². The van der Waals surface area contributed by atoms with Crippen LogP contribution < -0.4 is 9.46 Å². The highest BCUT2D eigenvalue weighted by Crippen LogP contribution is 2.35. The summed E-state index contributed by atoms with van der Waals surface area (Å²) in [5, 5.41) is 0.440. The summed E-state index contributed by atoms with van der Waals surface area (Å²) < 4.78 is 35.1. The zero-order valence-electron chi connectivity index (χ0n) is 18.2. The zero-order valence-corrected chi connectivity index (χ0v) is 19.8. The van der Waals surface area contributed by atoms with Crippen LogP contribution >= 0.6 is 11.6 Å². The minimum Gasteiger partial charge on any atom is -0.437 e. The summed E-state index contributed by atoms with van der Waals surface area (Å²) in [5.41, 5.74) is 3.91. The molecule has 4 aromatic rings. The van der Waals surface area contributed by atoms with Crippen molar-refractivity contribution < 1.29 is 13.2 Å². The Labute approximate surface area is 197 Å². The number of aryl methyl sites for hydroxylation is 3. The zero-order chi connectivity index (χ0) is 23.6. The first-order valence-electron chi connectivity index (χ1n) is 10.0. The molecule has 0 unspecified atom stereocenters. The highest BCUT2D eigenvalue weighted by Gasteiger charge is 2.24. The minimum absolute atomic E-state index is 0.0639. The molecule has 3 aromatic heterocycles. The Hall–Kier alpha value is -3.49. The molecule has 0 aliphatic heterocycles. The van der Waals surface area contributed by atoms with Gasteiger partial charge in [0.1, 0.15) is 16.5 Å². The molecule has 4 rings (SSSR count). The standard InChI is InChI=1S/C24H21ClN4O3S/c1-15-10-16(2)23(17(3)11-15)32-24-21(33(30,31)29-22-6-4-5-9-27-22)8-7-20(28-24)18-12-19(25)14-26-13-18/h4-14H,1-3H3,(H,27,29). The molecule has 0 spiro atoms. The van der Waals surface area contributed by atoms with Crippen LogP contribution in [-0.4, -0.2) is 23.4 Å². The normalized spacial score (nSPS) is 11.3. The Balaban J connectivity index is 1.84. The van der Waals surface area contributed by atoms with Crippen molar-refractivity contribution in [1.29, 1.82) is 0 Å². The lowest BCUT2D eigenvalue weighted by atomic mass is 10.1. The van der Waals surface area contributed by atoms with Gasteiger partial charge in [-0.2, -0.15) is 0 Å². The van der Waals surface area contributed by atoms with E-state index in [-0.39, 0.29) is 16.6 Å². The molecular weight excluding hydrogens is 460 g/mol. The maximum Gasteiger partial charge on any atom is 0.268 e. The van der Waals surface area contributed by atoms with Gasteiger partial charge in [-0.1, -0.05) is 35.4 Å². The lowest BCUT2D eigenvalue weighted by Crippen LogP contribution is -2.15. The Kier molecular flexibility index (Phi) is 6.31. The molecule has 0 bridgehead atoms. The van der Waals surface area contributed by atoms with Gasteiger partial charge in [-0.25, -0.2) is 18.4 Å². The molecule has 0 atom stereocenters. The van der Waals surface area contributed by atoms with Crippen molar-refractivity contribution >= 4 is 27.4 Å². The summed E-state index contributed by atoms with van der Waals surface area (Å²) in [7, 11) is -4.05.